The molecule has 0 amide bonds. The number of carbonyl (C=O) groups is 1. The topological polar surface area (TPSA) is 146 Å². The van der Waals surface area contributed by atoms with Gasteiger partial charge in [0.15, 0.2) is 11.5 Å². The SMILES string of the molecule is CC(C)OB(OC(C)C)OC(C)C.COC(=O)c1nc(-c2ccc(S(=O)(=O)N3CCN(C)CC3)cc2)cnc1N. The Labute approximate surface area is 238 Å². The van der Waals surface area contributed by atoms with E-state index in [1.807, 2.05) is 48.6 Å². The van der Waals surface area contributed by atoms with Gasteiger partial charge in [0.1, 0.15) is 0 Å². The van der Waals surface area contributed by atoms with Crippen LogP contribution in [-0.2, 0) is 28.7 Å². The van der Waals surface area contributed by atoms with Gasteiger partial charge in [0.2, 0.25) is 10.0 Å². The van der Waals surface area contributed by atoms with Crippen LogP contribution in [0.5, 0.6) is 0 Å². The number of carbonyl (C=O) groups excluding carboxylic acids is 1. The Kier molecular flexibility index (Phi) is 12.9. The summed E-state index contributed by atoms with van der Waals surface area (Å²) in [6.45, 7) is 14.1. The van der Waals surface area contributed by atoms with Crippen LogP contribution in [0.15, 0.2) is 35.4 Å². The normalized spacial score (nSPS) is 14.8. The molecule has 0 saturated carbocycles. The maximum atomic E-state index is 12.8. The summed E-state index contributed by atoms with van der Waals surface area (Å²) < 4.78 is 47.9. The molecule has 1 saturated heterocycles. The average molecular weight is 580 g/mol. The number of nitrogen functional groups attached to an aromatic ring is 1. The molecule has 0 unspecified atom stereocenters. The van der Waals surface area contributed by atoms with E-state index in [0.29, 0.717) is 37.4 Å². The zero-order chi connectivity index (χ0) is 30.0. The highest BCUT2D eigenvalue weighted by Gasteiger charge is 2.28. The van der Waals surface area contributed by atoms with Crippen LogP contribution >= 0.6 is 0 Å². The number of sulfonamides is 1. The molecule has 0 spiro atoms. The number of likely N-dealkylation sites (N-methyl/N-ethyl adjacent to an activating group) is 1. The fourth-order valence-corrected chi connectivity index (χ4v) is 4.94. The van der Waals surface area contributed by atoms with Crippen molar-refractivity contribution in [2.75, 3.05) is 46.1 Å². The van der Waals surface area contributed by atoms with Gasteiger partial charge in [-0.25, -0.2) is 23.2 Å². The molecule has 12 nitrogen and oxygen atoms in total. The summed E-state index contributed by atoms with van der Waals surface area (Å²) in [6, 6.07) is 6.31. The van der Waals surface area contributed by atoms with Crippen LogP contribution < -0.4 is 5.73 Å². The van der Waals surface area contributed by atoms with Crippen molar-refractivity contribution in [1.29, 1.82) is 0 Å². The van der Waals surface area contributed by atoms with Crippen LogP contribution in [-0.4, -0.2) is 99.5 Å². The lowest BCUT2D eigenvalue weighted by Gasteiger charge is -2.31. The van der Waals surface area contributed by atoms with Gasteiger partial charge in [0.05, 0.1) is 23.9 Å². The minimum atomic E-state index is -3.54. The molecule has 2 aromatic rings. The van der Waals surface area contributed by atoms with Gasteiger partial charge in [-0.3, -0.25) is 0 Å². The number of aromatic nitrogens is 2. The van der Waals surface area contributed by atoms with Crippen molar-refractivity contribution >= 4 is 29.1 Å². The Morgan fingerprint density at radius 1 is 0.925 bits per heavy atom. The van der Waals surface area contributed by atoms with Gasteiger partial charge in [-0.15, -0.1) is 0 Å². The molecule has 2 heterocycles. The fraction of sp³-hybridized carbons (Fsp3) is 0.577. The predicted molar refractivity (Wildman–Crippen MR) is 154 cm³/mol. The molecular weight excluding hydrogens is 537 g/mol. The van der Waals surface area contributed by atoms with E-state index in [1.165, 1.54) is 29.7 Å². The van der Waals surface area contributed by atoms with E-state index in [-0.39, 0.29) is 34.7 Å². The maximum absolute atomic E-state index is 12.8. The van der Waals surface area contributed by atoms with Crippen molar-refractivity contribution in [2.45, 2.75) is 64.7 Å². The Bertz CT molecular complexity index is 1160. The van der Waals surface area contributed by atoms with Crippen LogP contribution in [0.2, 0.25) is 0 Å². The molecule has 1 fully saturated rings. The molecule has 1 aromatic carbocycles. The van der Waals surface area contributed by atoms with Crippen molar-refractivity contribution in [1.82, 2.24) is 19.2 Å². The Balaban J connectivity index is 0.000000366. The molecule has 1 aliphatic heterocycles. The van der Waals surface area contributed by atoms with E-state index >= 15 is 0 Å². The largest absolute Gasteiger partial charge is 0.639 e. The summed E-state index contributed by atoms with van der Waals surface area (Å²) in [4.78, 5) is 22.2. The molecule has 222 valence electrons. The minimum Gasteiger partial charge on any atom is -0.464 e. The van der Waals surface area contributed by atoms with E-state index in [9.17, 15) is 13.2 Å². The first kappa shape index (κ1) is 33.6. The van der Waals surface area contributed by atoms with Gasteiger partial charge in [0, 0.05) is 50.1 Å². The van der Waals surface area contributed by atoms with Crippen LogP contribution in [0.25, 0.3) is 11.3 Å². The highest BCUT2D eigenvalue weighted by Crippen LogP contribution is 2.23. The highest BCUT2D eigenvalue weighted by molar-refractivity contribution is 7.89. The molecule has 0 atom stereocenters. The minimum absolute atomic E-state index is 0.0279. The Morgan fingerprint density at radius 2 is 1.43 bits per heavy atom. The predicted octanol–water partition coefficient (Wildman–Crippen LogP) is 2.69. The number of ether oxygens (including phenoxy) is 1. The van der Waals surface area contributed by atoms with Gasteiger partial charge in [-0.05, 0) is 60.7 Å². The Hall–Kier alpha value is -2.62. The summed E-state index contributed by atoms with van der Waals surface area (Å²) >= 11 is 0. The van der Waals surface area contributed by atoms with E-state index in [4.69, 9.17) is 19.7 Å². The standard InChI is InChI=1S/C17H21N5O4S.C9H21BO3/c1-21-7-9-22(10-8-21)27(24,25)13-5-3-12(4-6-13)14-11-19-16(18)15(20-14)17(23)26-2;1-7(2)11-10(12-8(3)4)13-9(5)6/h3-6,11H,7-10H2,1-2H3,(H2,18,19);7-9H,1-6H3. The van der Waals surface area contributed by atoms with E-state index < -0.39 is 23.3 Å². The summed E-state index contributed by atoms with van der Waals surface area (Å²) in [7, 11) is -0.884. The molecular formula is C26H42BN5O7S. The van der Waals surface area contributed by atoms with Crippen molar-refractivity contribution in [3.05, 3.63) is 36.2 Å². The second-order valence-electron chi connectivity index (χ2n) is 10.1. The fourth-order valence-electron chi connectivity index (χ4n) is 3.52. The Morgan fingerprint density at radius 3 is 1.88 bits per heavy atom. The number of hydrogen-bond acceptors (Lipinski definition) is 11. The van der Waals surface area contributed by atoms with E-state index in [1.54, 1.807) is 12.1 Å². The molecule has 0 aliphatic carbocycles. The lowest BCUT2D eigenvalue weighted by molar-refractivity contribution is 0.0334. The summed E-state index contributed by atoms with van der Waals surface area (Å²) in [6.07, 6.45) is 1.76. The maximum Gasteiger partial charge on any atom is 0.639 e. The molecule has 2 N–H and O–H groups in total. The third-order valence-electron chi connectivity index (χ3n) is 5.58. The van der Waals surface area contributed by atoms with Crippen LogP contribution in [0, 0.1) is 0 Å². The van der Waals surface area contributed by atoms with Gasteiger partial charge in [-0.1, -0.05) is 12.1 Å². The number of methoxy groups -OCH3 is 1. The second-order valence-corrected chi connectivity index (χ2v) is 12.0. The van der Waals surface area contributed by atoms with Crippen molar-refractivity contribution in [3.8, 4) is 11.3 Å². The summed E-state index contributed by atoms with van der Waals surface area (Å²) in [5, 5.41) is 0. The second kappa shape index (κ2) is 15.4. The lowest BCUT2D eigenvalue weighted by Crippen LogP contribution is -2.46. The number of hydrogen-bond donors (Lipinski definition) is 1. The molecule has 0 radical (unpaired) electrons. The number of anilines is 1. The number of piperazine rings is 1. The third-order valence-corrected chi connectivity index (χ3v) is 7.49. The summed E-state index contributed by atoms with van der Waals surface area (Å²) in [5.41, 5.74) is 6.59. The van der Waals surface area contributed by atoms with E-state index in [2.05, 4.69) is 19.6 Å². The molecule has 0 bridgehead atoms. The molecule has 40 heavy (non-hydrogen) atoms. The number of nitrogens with two attached hydrogens (primary N) is 1. The molecule has 3 rings (SSSR count). The van der Waals surface area contributed by atoms with E-state index in [0.717, 1.165) is 0 Å². The van der Waals surface area contributed by atoms with Gasteiger partial charge < -0.3 is 29.3 Å². The van der Waals surface area contributed by atoms with Gasteiger partial charge in [-0.2, -0.15) is 4.31 Å². The van der Waals surface area contributed by atoms with Gasteiger partial charge >= 0.3 is 13.3 Å². The quantitative estimate of drug-likeness (QED) is 0.327. The number of benzene rings is 1. The van der Waals surface area contributed by atoms with Crippen molar-refractivity contribution in [3.63, 3.8) is 0 Å². The molecule has 1 aromatic heterocycles. The third kappa shape index (κ3) is 10.1. The first-order chi connectivity index (χ1) is 18.7. The number of nitrogens with zero attached hydrogens (tertiary/aromatic N) is 4. The van der Waals surface area contributed by atoms with Crippen molar-refractivity contribution < 1.29 is 31.9 Å². The molecule has 14 heteroatoms. The average Bonchev–Trinajstić information content (AvgIpc) is 2.88. The van der Waals surface area contributed by atoms with Crippen molar-refractivity contribution in [2.24, 2.45) is 0 Å². The highest BCUT2D eigenvalue weighted by atomic mass is 32.2. The summed E-state index contributed by atoms with van der Waals surface area (Å²) in [5.74, 6) is -0.712. The smallest absolute Gasteiger partial charge is 0.464 e. The van der Waals surface area contributed by atoms with Crippen LogP contribution in [0.4, 0.5) is 5.82 Å². The van der Waals surface area contributed by atoms with Gasteiger partial charge in [0.25, 0.3) is 0 Å². The first-order valence-electron chi connectivity index (χ1n) is 13.2. The van der Waals surface area contributed by atoms with Crippen LogP contribution in [0.1, 0.15) is 52.0 Å². The zero-order valence-electron chi connectivity index (χ0n) is 24.7. The molecule has 1 aliphatic rings. The zero-order valence-corrected chi connectivity index (χ0v) is 25.5. The monoisotopic (exact) mass is 579 g/mol. The lowest BCUT2D eigenvalue weighted by atomic mass is 10.1. The van der Waals surface area contributed by atoms with Crippen LogP contribution in [0.3, 0.4) is 0 Å². The first-order valence-corrected chi connectivity index (χ1v) is 14.6. The number of esters is 1. The number of rotatable bonds is 10.